The Morgan fingerprint density at radius 3 is 2.83 bits per heavy atom. The number of hydrogen-bond acceptors (Lipinski definition) is 3. The van der Waals surface area contributed by atoms with E-state index >= 15 is 0 Å². The third-order valence-corrected chi connectivity index (χ3v) is 5.16. The van der Waals surface area contributed by atoms with Gasteiger partial charge in [0.1, 0.15) is 11.0 Å². The second-order valence-electron chi connectivity index (χ2n) is 5.10. The van der Waals surface area contributed by atoms with Crippen molar-refractivity contribution in [1.29, 1.82) is 0 Å². The molecule has 0 aromatic carbocycles. The molecule has 98 valence electrons. The number of aromatic nitrogens is 2. The molecule has 3 unspecified atom stereocenters. The first-order valence-electron chi connectivity index (χ1n) is 6.56. The van der Waals surface area contributed by atoms with Crippen LogP contribution in [0.1, 0.15) is 50.0 Å². The zero-order valence-corrected chi connectivity index (χ0v) is 12.7. The first-order valence-corrected chi connectivity index (χ1v) is 7.73. The lowest BCUT2D eigenvalue weighted by molar-refractivity contribution is 0.0998. The van der Waals surface area contributed by atoms with Gasteiger partial charge in [0, 0.05) is 5.92 Å². The van der Waals surface area contributed by atoms with Crippen molar-refractivity contribution < 1.29 is 4.74 Å². The Morgan fingerprint density at radius 1 is 1.39 bits per heavy atom. The molecule has 3 nitrogen and oxygen atoms in total. The van der Waals surface area contributed by atoms with E-state index in [1.807, 2.05) is 0 Å². The van der Waals surface area contributed by atoms with Crippen molar-refractivity contribution in [2.75, 3.05) is 0 Å². The fraction of sp³-hybridized carbons (Fsp3) is 0.692. The Labute approximate surface area is 120 Å². The van der Waals surface area contributed by atoms with Gasteiger partial charge in [-0.25, -0.2) is 9.97 Å². The van der Waals surface area contributed by atoms with Crippen LogP contribution in [-0.4, -0.2) is 22.2 Å². The van der Waals surface area contributed by atoms with Gasteiger partial charge >= 0.3 is 0 Å². The second kappa shape index (κ2) is 5.06. The molecule has 0 saturated carbocycles. The molecule has 3 rings (SSSR count). The van der Waals surface area contributed by atoms with Gasteiger partial charge in [0.15, 0.2) is 0 Å². The maximum Gasteiger partial charge on any atom is 0.147 e. The number of hydrogen-bond donors (Lipinski definition) is 0. The Morgan fingerprint density at radius 2 is 2.22 bits per heavy atom. The van der Waals surface area contributed by atoms with Crippen LogP contribution in [0.4, 0.5) is 0 Å². The molecule has 3 atom stereocenters. The molecular weight excluding hydrogens is 316 g/mol. The summed E-state index contributed by atoms with van der Waals surface area (Å²) in [6.45, 7) is 2.14. The highest BCUT2D eigenvalue weighted by Gasteiger charge is 2.43. The van der Waals surface area contributed by atoms with Crippen molar-refractivity contribution in [3.8, 4) is 0 Å². The van der Waals surface area contributed by atoms with Crippen molar-refractivity contribution in [3.63, 3.8) is 0 Å². The third-order valence-electron chi connectivity index (χ3n) is 3.82. The van der Waals surface area contributed by atoms with Gasteiger partial charge in [-0.15, -0.1) is 0 Å². The zero-order chi connectivity index (χ0) is 12.7. The number of nitrogens with zero attached hydrogens (tertiary/aromatic N) is 2. The summed E-state index contributed by atoms with van der Waals surface area (Å²) in [4.78, 5) is 9.15. The summed E-state index contributed by atoms with van der Waals surface area (Å²) in [5, 5.41) is 0.534. The topological polar surface area (TPSA) is 35.0 Å². The Bertz CT molecular complexity index is 469. The van der Waals surface area contributed by atoms with Crippen molar-refractivity contribution in [2.45, 2.75) is 57.2 Å². The molecule has 2 fully saturated rings. The normalized spacial score (nSPS) is 30.1. The first-order chi connectivity index (χ1) is 8.69. The van der Waals surface area contributed by atoms with Crippen LogP contribution >= 0.6 is 27.5 Å². The molecule has 2 bridgehead atoms. The second-order valence-corrected chi connectivity index (χ2v) is 6.25. The standard InChI is InChI=1S/C13H16BrClN2O/c1-2-3-9-11(14)12(15)17-13(16-9)8-6-7-4-5-10(8)18-7/h7-8,10H,2-6H2,1H3. The lowest BCUT2D eigenvalue weighted by Crippen LogP contribution is -2.18. The number of aryl methyl sites for hydroxylation is 1. The zero-order valence-electron chi connectivity index (χ0n) is 10.3. The van der Waals surface area contributed by atoms with E-state index in [9.17, 15) is 0 Å². The summed E-state index contributed by atoms with van der Waals surface area (Å²) in [5.41, 5.74) is 1.02. The molecule has 2 aliphatic heterocycles. The minimum absolute atomic E-state index is 0.307. The fourth-order valence-electron chi connectivity index (χ4n) is 2.96. The van der Waals surface area contributed by atoms with Crippen LogP contribution in [-0.2, 0) is 11.2 Å². The molecule has 0 radical (unpaired) electrons. The van der Waals surface area contributed by atoms with Crippen molar-refractivity contribution in [1.82, 2.24) is 9.97 Å². The molecule has 18 heavy (non-hydrogen) atoms. The molecule has 0 N–H and O–H groups in total. The van der Waals surface area contributed by atoms with Crippen molar-refractivity contribution in [3.05, 3.63) is 21.1 Å². The monoisotopic (exact) mass is 330 g/mol. The average Bonchev–Trinajstić information content (AvgIpc) is 2.97. The van der Waals surface area contributed by atoms with Crippen LogP contribution in [0.3, 0.4) is 0 Å². The summed E-state index contributed by atoms with van der Waals surface area (Å²) in [5.74, 6) is 1.21. The van der Waals surface area contributed by atoms with E-state index in [0.29, 0.717) is 23.3 Å². The van der Waals surface area contributed by atoms with Crippen LogP contribution in [0.2, 0.25) is 5.15 Å². The number of fused-ring (bicyclic) bond motifs is 2. The third kappa shape index (κ3) is 2.19. The summed E-state index contributed by atoms with van der Waals surface area (Å²) in [7, 11) is 0. The number of halogens is 2. The lowest BCUT2D eigenvalue weighted by Gasteiger charge is -2.18. The Hall–Kier alpha value is -0.190. The molecule has 0 spiro atoms. The average molecular weight is 332 g/mol. The predicted molar refractivity (Wildman–Crippen MR) is 74.0 cm³/mol. The molecule has 0 aliphatic carbocycles. The van der Waals surface area contributed by atoms with E-state index in [2.05, 4.69) is 27.8 Å². The summed E-state index contributed by atoms with van der Waals surface area (Å²) in [6.07, 6.45) is 6.08. The van der Waals surface area contributed by atoms with Crippen molar-refractivity contribution in [2.24, 2.45) is 0 Å². The van der Waals surface area contributed by atoms with Gasteiger partial charge in [0.25, 0.3) is 0 Å². The minimum atomic E-state index is 0.307. The largest absolute Gasteiger partial charge is 0.374 e. The quantitative estimate of drug-likeness (QED) is 0.788. The summed E-state index contributed by atoms with van der Waals surface area (Å²) >= 11 is 9.67. The molecule has 1 aromatic heterocycles. The van der Waals surface area contributed by atoms with Crippen LogP contribution in [0.5, 0.6) is 0 Å². The molecule has 0 amide bonds. The molecule has 2 saturated heterocycles. The van der Waals surface area contributed by atoms with Gasteiger partial charge < -0.3 is 4.74 Å². The maximum atomic E-state index is 6.20. The smallest absolute Gasteiger partial charge is 0.147 e. The predicted octanol–water partition coefficient (Wildman–Crippen LogP) is 3.88. The first kappa shape index (κ1) is 12.8. The van der Waals surface area contributed by atoms with Crippen molar-refractivity contribution >= 4 is 27.5 Å². The molecular formula is C13H16BrClN2O. The van der Waals surface area contributed by atoms with Crippen LogP contribution < -0.4 is 0 Å². The van der Waals surface area contributed by atoms with E-state index in [1.54, 1.807) is 0 Å². The van der Waals surface area contributed by atoms with Gasteiger partial charge in [0.2, 0.25) is 0 Å². The van der Waals surface area contributed by atoms with Crippen LogP contribution in [0.25, 0.3) is 0 Å². The van der Waals surface area contributed by atoms with Gasteiger partial charge in [0.05, 0.1) is 22.4 Å². The highest BCUT2D eigenvalue weighted by atomic mass is 79.9. The Balaban J connectivity index is 1.92. The number of rotatable bonds is 3. The van der Waals surface area contributed by atoms with E-state index in [0.717, 1.165) is 41.7 Å². The Kier molecular flexibility index (Phi) is 3.61. The minimum Gasteiger partial charge on any atom is -0.374 e. The van der Waals surface area contributed by atoms with Crippen LogP contribution in [0, 0.1) is 0 Å². The van der Waals surface area contributed by atoms with E-state index in [4.69, 9.17) is 21.3 Å². The fourth-order valence-corrected chi connectivity index (χ4v) is 3.53. The van der Waals surface area contributed by atoms with E-state index in [-0.39, 0.29) is 0 Å². The molecule has 2 aliphatic rings. The van der Waals surface area contributed by atoms with E-state index in [1.165, 1.54) is 6.42 Å². The van der Waals surface area contributed by atoms with E-state index < -0.39 is 0 Å². The van der Waals surface area contributed by atoms with Gasteiger partial charge in [-0.3, -0.25) is 0 Å². The summed E-state index contributed by atoms with van der Waals surface area (Å²) < 4.78 is 6.72. The SMILES string of the molecule is CCCc1nc(C2CC3CCC2O3)nc(Cl)c1Br. The van der Waals surface area contributed by atoms with Crippen LogP contribution in [0.15, 0.2) is 4.47 Å². The summed E-state index contributed by atoms with van der Waals surface area (Å²) in [6, 6.07) is 0. The molecule has 3 heterocycles. The highest BCUT2D eigenvalue weighted by Crippen LogP contribution is 2.44. The van der Waals surface area contributed by atoms with Gasteiger partial charge in [-0.05, 0) is 41.6 Å². The molecule has 1 aromatic rings. The lowest BCUT2D eigenvalue weighted by atomic mass is 9.88. The van der Waals surface area contributed by atoms with Gasteiger partial charge in [-0.1, -0.05) is 24.9 Å². The maximum absolute atomic E-state index is 6.20. The molecule has 5 heteroatoms. The highest BCUT2D eigenvalue weighted by molar-refractivity contribution is 9.10. The van der Waals surface area contributed by atoms with Gasteiger partial charge in [-0.2, -0.15) is 0 Å². The number of ether oxygens (including phenoxy) is 1.